The van der Waals surface area contributed by atoms with Gasteiger partial charge in [0.25, 0.3) is 0 Å². The number of aliphatic hydroxyl groups is 1. The zero-order chi connectivity index (χ0) is 75.3. The zero-order valence-electron chi connectivity index (χ0n) is 63.0. The number of anilines is 2. The van der Waals surface area contributed by atoms with Gasteiger partial charge in [0, 0.05) is 55.8 Å². The van der Waals surface area contributed by atoms with Gasteiger partial charge in [-0.3, -0.25) is 52.7 Å². The Morgan fingerprint density at radius 1 is 0.485 bits per heavy atom. The number of likely N-dealkylation sites (N-methyl/N-ethyl adjacent to an activating group) is 7. The summed E-state index contributed by atoms with van der Waals surface area (Å²) in [6, 6.07) is -1.89. The summed E-state index contributed by atoms with van der Waals surface area (Å²) in [7, 11) is 9.85. The Balaban J connectivity index is 1.92. The molecule has 27 heteroatoms. The first kappa shape index (κ1) is 83.1. The molecule has 12 unspecified atom stereocenters. The van der Waals surface area contributed by atoms with E-state index >= 15 is 19.2 Å². The van der Waals surface area contributed by atoms with E-state index in [1.165, 1.54) is 87.7 Å². The number of nitrogens with two attached hydrogens (primary N) is 2. The predicted octanol–water partition coefficient (Wildman–Crippen LogP) is 4.25. The highest BCUT2D eigenvalue weighted by molar-refractivity contribution is 6.00. The summed E-state index contributed by atoms with van der Waals surface area (Å²) in [5.41, 5.74) is 15.9. The second-order valence-corrected chi connectivity index (χ2v) is 29.8. The molecule has 3 aromatic rings. The summed E-state index contributed by atoms with van der Waals surface area (Å²) in [6.07, 6.45) is -1.13. The third-order valence-corrected chi connectivity index (χ3v) is 18.8. The van der Waals surface area contributed by atoms with Crippen LogP contribution in [0.3, 0.4) is 0 Å². The van der Waals surface area contributed by atoms with Gasteiger partial charge in [-0.2, -0.15) is 0 Å². The molecule has 0 aliphatic carbocycles. The monoisotopic (exact) mass is 1380 g/mol. The topological polar surface area (TPSA) is 360 Å². The van der Waals surface area contributed by atoms with Crippen LogP contribution >= 0.6 is 0 Å². The maximum atomic E-state index is 15.6. The number of nitrogens with zero attached hydrogens (tertiary/aromatic N) is 8. The Kier molecular flexibility index (Phi) is 30.3. The molecule has 2 heterocycles. The predicted molar refractivity (Wildman–Crippen MR) is 383 cm³/mol. The second kappa shape index (κ2) is 36.1. The molecule has 2 aromatic carbocycles. The summed E-state index contributed by atoms with van der Waals surface area (Å²) in [5.74, 6) is -10.00. The number of aliphatic hydroxyl groups excluding tert-OH is 1. The summed E-state index contributed by atoms with van der Waals surface area (Å²) in [5, 5.41) is 23.7. The van der Waals surface area contributed by atoms with Crippen LogP contribution in [0, 0.1) is 41.4 Å². The van der Waals surface area contributed by atoms with Crippen molar-refractivity contribution in [3.05, 3.63) is 42.2 Å². The molecule has 0 radical (unpaired) electrons. The summed E-state index contributed by atoms with van der Waals surface area (Å²) < 4.78 is 0. The van der Waals surface area contributed by atoms with Gasteiger partial charge in [0.05, 0.1) is 35.1 Å². The molecule has 4 rings (SSSR count). The minimum atomic E-state index is -1.74. The van der Waals surface area contributed by atoms with Gasteiger partial charge in [-0.25, -0.2) is 4.98 Å². The molecule has 552 valence electrons. The number of hydrogen-bond donors (Lipinski definition) is 8. The number of rotatable bonds is 16. The van der Waals surface area contributed by atoms with Crippen molar-refractivity contribution in [1.82, 2.24) is 65.5 Å². The molecule has 1 fully saturated rings. The average molecular weight is 1380 g/mol. The van der Waals surface area contributed by atoms with Crippen molar-refractivity contribution in [3.63, 3.8) is 0 Å². The minimum absolute atomic E-state index is 0.0274. The van der Waals surface area contributed by atoms with Crippen LogP contribution in [-0.4, -0.2) is 237 Å². The Labute approximate surface area is 586 Å². The molecule has 1 aromatic heterocycles. The number of hydrogen-bond acceptors (Lipinski definition) is 15. The molecule has 11 amide bonds. The van der Waals surface area contributed by atoms with Gasteiger partial charge in [0.1, 0.15) is 66.2 Å². The van der Waals surface area contributed by atoms with Crippen molar-refractivity contribution in [2.24, 2.45) is 41.4 Å². The molecule has 0 bridgehead atoms. The molecule has 0 saturated carbocycles. The van der Waals surface area contributed by atoms with E-state index in [1.807, 2.05) is 79.7 Å². The molecule has 1 aliphatic heterocycles. The first-order valence-electron chi connectivity index (χ1n) is 34.8. The van der Waals surface area contributed by atoms with Gasteiger partial charge in [0.2, 0.25) is 65.0 Å². The molecule has 27 nitrogen and oxygen atoms in total. The van der Waals surface area contributed by atoms with Crippen molar-refractivity contribution in [3.8, 4) is 11.1 Å². The maximum absolute atomic E-state index is 15.6. The minimum Gasteiger partial charge on any atom is -0.397 e. The third-order valence-electron chi connectivity index (χ3n) is 18.8. The quantitative estimate of drug-likeness (QED) is 0.0930. The molecule has 12 atom stereocenters. The number of carbonyl (C=O) groups excluding carboxylic acids is 11. The van der Waals surface area contributed by atoms with Crippen LogP contribution in [0.2, 0.25) is 0 Å². The van der Waals surface area contributed by atoms with Crippen molar-refractivity contribution in [1.29, 1.82) is 0 Å². The lowest BCUT2D eigenvalue weighted by Crippen LogP contribution is -2.63. The van der Waals surface area contributed by atoms with E-state index < -0.39 is 156 Å². The Morgan fingerprint density at radius 3 is 1.46 bits per heavy atom. The number of amides is 11. The number of nitrogen functional groups attached to an aromatic ring is 2. The number of benzene rings is 2. The highest BCUT2D eigenvalue weighted by Gasteiger charge is 2.46. The highest BCUT2D eigenvalue weighted by atomic mass is 16.3. The number of carbonyl (C=O) groups is 11. The number of aromatic nitrogens is 2. The Bertz CT molecular complexity index is 3350. The summed E-state index contributed by atoms with van der Waals surface area (Å²) in [4.78, 5) is 179. The van der Waals surface area contributed by atoms with Crippen LogP contribution < -0.4 is 32.7 Å². The molecular weight excluding hydrogens is 1270 g/mol. The Hall–Kier alpha value is -8.36. The number of imidazole rings is 1. The standard InChI is InChI=1S/C72H117N15O12/c1-24-50-68(95)81(17)36-58(88)82(18)53(29-37(2)3)65(92)80-59(41(10)11)71(98)83(19)54(30-38(4)5)64(91)75-44(15)63(90)76-45(16)67(94)84(20)55(31-39(6)7)69(96)85(21)56(32-40(8)9)70(97)86(22)60(42(12)13)72(99)87(23)61(66(93)79-50)62(89)43(14)33-57-77-51-28-26-47(35-52(51)78-57)46-25-27-48(73)49(74)34-46/h25-28,34-35,37-45,50,53-56,59-62,89H,24,29-33,36,73-74H2,1-23H3,(H,75,91)(H,76,90)(H,77,78)(H,79,93)(H,80,92). The normalized spacial score (nSPS) is 24.7. The lowest BCUT2D eigenvalue weighted by molar-refractivity contribution is -0.157. The summed E-state index contributed by atoms with van der Waals surface area (Å²) >= 11 is 0. The van der Waals surface area contributed by atoms with Crippen molar-refractivity contribution in [2.75, 3.05) is 67.3 Å². The molecule has 0 spiro atoms. The second-order valence-electron chi connectivity index (χ2n) is 29.8. The van der Waals surface area contributed by atoms with Gasteiger partial charge >= 0.3 is 0 Å². The van der Waals surface area contributed by atoms with Crippen molar-refractivity contribution < 1.29 is 57.8 Å². The van der Waals surface area contributed by atoms with Gasteiger partial charge in [-0.05, 0) is 123 Å². The Morgan fingerprint density at radius 2 is 0.949 bits per heavy atom. The summed E-state index contributed by atoms with van der Waals surface area (Å²) in [6.45, 7) is 27.4. The highest BCUT2D eigenvalue weighted by Crippen LogP contribution is 2.30. The van der Waals surface area contributed by atoms with Crippen LogP contribution in [0.4, 0.5) is 11.4 Å². The van der Waals surface area contributed by atoms with Crippen molar-refractivity contribution >= 4 is 87.4 Å². The fourth-order valence-corrected chi connectivity index (χ4v) is 12.7. The van der Waals surface area contributed by atoms with Crippen LogP contribution in [0.25, 0.3) is 22.2 Å². The van der Waals surface area contributed by atoms with E-state index in [9.17, 15) is 38.7 Å². The van der Waals surface area contributed by atoms with Gasteiger partial charge in [-0.15, -0.1) is 0 Å². The smallest absolute Gasteiger partial charge is 0.246 e. The third kappa shape index (κ3) is 21.3. The number of H-pyrrole nitrogens is 1. The van der Waals surface area contributed by atoms with Crippen LogP contribution in [0.1, 0.15) is 149 Å². The van der Waals surface area contributed by atoms with Crippen LogP contribution in [-0.2, 0) is 59.2 Å². The van der Waals surface area contributed by atoms with Gasteiger partial charge in [0.15, 0.2) is 0 Å². The van der Waals surface area contributed by atoms with E-state index in [0.29, 0.717) is 28.2 Å². The fraction of sp³-hybridized carbons (Fsp3) is 0.667. The van der Waals surface area contributed by atoms with Gasteiger partial charge < -0.3 is 77.1 Å². The molecule has 1 saturated heterocycles. The zero-order valence-corrected chi connectivity index (χ0v) is 63.0. The van der Waals surface area contributed by atoms with E-state index in [2.05, 4.69) is 26.3 Å². The van der Waals surface area contributed by atoms with E-state index in [4.69, 9.17) is 16.5 Å². The van der Waals surface area contributed by atoms with Gasteiger partial charge in [-0.1, -0.05) is 109 Å². The molecular formula is C72H117N15O12. The van der Waals surface area contributed by atoms with Crippen LogP contribution in [0.5, 0.6) is 0 Å². The molecule has 10 N–H and O–H groups in total. The number of fused-ring (bicyclic) bond motifs is 1. The number of aromatic amines is 1. The number of nitrogens with one attached hydrogen (secondary N) is 5. The van der Waals surface area contributed by atoms with E-state index in [1.54, 1.807) is 53.7 Å². The lowest BCUT2D eigenvalue weighted by Gasteiger charge is -2.41. The van der Waals surface area contributed by atoms with Crippen LogP contribution in [0.15, 0.2) is 36.4 Å². The first-order chi connectivity index (χ1) is 46.0. The average Bonchev–Trinajstić information content (AvgIpc) is 1.79. The molecule has 1 aliphatic rings. The SMILES string of the molecule is CCC1NC(=O)C(C(O)C(C)Cc2nc3ccc(-c4ccc(N)c(N)c4)cc3[nH]2)N(C)C(=O)C(C(C)C)N(C)C(=O)C(CC(C)C)N(C)C(=O)C(CC(C)C)N(C)C(=O)C(C)NC(=O)C(C)NC(=O)C(CC(C)C)N(C)C(=O)C(C(C)C)NC(=O)C(CC(C)C)N(C)C(=O)CN(C)C1=O. The van der Waals surface area contributed by atoms with E-state index in [0.717, 1.165) is 20.9 Å². The fourth-order valence-electron chi connectivity index (χ4n) is 12.7. The first-order valence-corrected chi connectivity index (χ1v) is 34.8. The largest absolute Gasteiger partial charge is 0.397 e. The van der Waals surface area contributed by atoms with E-state index in [-0.39, 0.29) is 62.2 Å². The van der Waals surface area contributed by atoms with Crippen molar-refractivity contribution in [2.45, 2.75) is 216 Å². The lowest BCUT2D eigenvalue weighted by atomic mass is 9.91. The molecule has 99 heavy (non-hydrogen) atoms. The maximum Gasteiger partial charge on any atom is 0.246 e.